The van der Waals surface area contributed by atoms with Gasteiger partial charge in [-0.1, -0.05) is 12.0 Å². The van der Waals surface area contributed by atoms with Crippen LogP contribution in [0.3, 0.4) is 0 Å². The molecule has 10 heteroatoms. The van der Waals surface area contributed by atoms with Crippen molar-refractivity contribution < 1.29 is 23.4 Å². The van der Waals surface area contributed by atoms with E-state index in [1.807, 2.05) is 11.8 Å². The number of azide groups is 1. The topological polar surface area (TPSA) is 100 Å². The average molecular weight is 391 g/mol. The predicted molar refractivity (Wildman–Crippen MR) is 98.7 cm³/mol. The predicted octanol–water partition coefficient (Wildman–Crippen LogP) is 3.05. The fourth-order valence-electron chi connectivity index (χ4n) is 4.09. The van der Waals surface area contributed by atoms with Crippen molar-refractivity contribution in [3.8, 4) is 0 Å². The van der Waals surface area contributed by atoms with Gasteiger partial charge in [-0.25, -0.2) is 9.18 Å². The van der Waals surface area contributed by atoms with Crippen molar-refractivity contribution in [1.29, 1.82) is 0 Å². The van der Waals surface area contributed by atoms with E-state index in [0.717, 1.165) is 0 Å². The quantitative estimate of drug-likeness (QED) is 0.446. The van der Waals surface area contributed by atoms with Gasteiger partial charge < -0.3 is 19.1 Å². The molecule has 1 spiro atoms. The summed E-state index contributed by atoms with van der Waals surface area (Å²) in [6, 6.07) is 4.72. The van der Waals surface area contributed by atoms with Crippen LogP contribution in [0.2, 0.25) is 0 Å². The first-order chi connectivity index (χ1) is 13.5. The molecule has 150 valence electrons. The fraction of sp³-hybridized carbons (Fsp3) is 0.611. The highest BCUT2D eigenvalue weighted by Gasteiger charge is 2.46. The van der Waals surface area contributed by atoms with Gasteiger partial charge in [-0.2, -0.15) is 0 Å². The molecule has 3 heterocycles. The summed E-state index contributed by atoms with van der Waals surface area (Å²) in [6.07, 6.45) is -0.430. The molecule has 3 aliphatic rings. The third-order valence-electron chi connectivity index (χ3n) is 5.56. The lowest BCUT2D eigenvalue weighted by molar-refractivity contribution is -0.199. The van der Waals surface area contributed by atoms with Crippen LogP contribution in [-0.2, 0) is 14.2 Å². The molecular weight excluding hydrogens is 369 g/mol. The summed E-state index contributed by atoms with van der Waals surface area (Å²) in [5.41, 5.74) is 9.29. The molecule has 0 radical (unpaired) electrons. The molecule has 4 rings (SSSR count). The lowest BCUT2D eigenvalue weighted by Crippen LogP contribution is -2.51. The number of hydrogen-bond donors (Lipinski definition) is 0. The van der Waals surface area contributed by atoms with Gasteiger partial charge in [-0.3, -0.25) is 4.90 Å². The number of hydrogen-bond acceptors (Lipinski definition) is 6. The second-order valence-electron chi connectivity index (χ2n) is 7.27. The van der Waals surface area contributed by atoms with Crippen molar-refractivity contribution >= 4 is 17.5 Å². The molecule has 2 atom stereocenters. The number of halogens is 1. The highest BCUT2D eigenvalue weighted by molar-refractivity contribution is 5.90. The molecule has 28 heavy (non-hydrogen) atoms. The standard InChI is InChI=1S/C18H22FN5O4/c1-12-10-23(5-4-18(12)26-6-7-27-18)16-3-2-13(8-15(16)19)24-11-14(9-21-22-20)28-17(24)25/h2-3,8,12,14H,4-7,9-11H2,1H3/t12?,14-/m0/s1. The van der Waals surface area contributed by atoms with Crippen LogP contribution in [-0.4, -0.2) is 57.4 Å². The van der Waals surface area contributed by atoms with Crippen molar-refractivity contribution in [2.24, 2.45) is 11.0 Å². The van der Waals surface area contributed by atoms with Crippen LogP contribution in [0.25, 0.3) is 10.4 Å². The fourth-order valence-corrected chi connectivity index (χ4v) is 4.09. The van der Waals surface area contributed by atoms with E-state index in [9.17, 15) is 9.18 Å². The van der Waals surface area contributed by atoms with Crippen LogP contribution in [0, 0.1) is 11.7 Å². The van der Waals surface area contributed by atoms with E-state index in [1.165, 1.54) is 11.0 Å². The SMILES string of the molecule is CC1CN(c2ccc(N3C[C@H](CN=[N+]=[N-])OC3=O)cc2F)CCC12OCCO2. The van der Waals surface area contributed by atoms with E-state index in [0.29, 0.717) is 44.1 Å². The summed E-state index contributed by atoms with van der Waals surface area (Å²) in [7, 11) is 0. The minimum Gasteiger partial charge on any atom is -0.444 e. The van der Waals surface area contributed by atoms with Gasteiger partial charge in [0.05, 0.1) is 37.7 Å². The van der Waals surface area contributed by atoms with E-state index < -0.39 is 23.8 Å². The van der Waals surface area contributed by atoms with Crippen LogP contribution in [0.1, 0.15) is 13.3 Å². The number of piperidine rings is 1. The molecule has 1 aromatic carbocycles. The third-order valence-corrected chi connectivity index (χ3v) is 5.56. The number of rotatable bonds is 4. The van der Waals surface area contributed by atoms with Crippen molar-refractivity contribution in [3.05, 3.63) is 34.5 Å². The number of carbonyl (C=O) groups excluding carboxylic acids is 1. The van der Waals surface area contributed by atoms with Crippen LogP contribution >= 0.6 is 0 Å². The number of anilines is 2. The molecular formula is C18H22FN5O4. The normalized spacial score (nSPS) is 26.4. The number of nitrogens with zero attached hydrogens (tertiary/aromatic N) is 5. The summed E-state index contributed by atoms with van der Waals surface area (Å²) >= 11 is 0. The Morgan fingerprint density at radius 2 is 2.14 bits per heavy atom. The zero-order valence-electron chi connectivity index (χ0n) is 15.6. The smallest absolute Gasteiger partial charge is 0.414 e. The maximum Gasteiger partial charge on any atom is 0.414 e. The molecule has 1 unspecified atom stereocenters. The first-order valence-electron chi connectivity index (χ1n) is 9.34. The Bertz CT molecular complexity index is 809. The molecule has 0 aliphatic carbocycles. The number of amides is 1. The number of ether oxygens (including phenoxy) is 3. The highest BCUT2D eigenvalue weighted by Crippen LogP contribution is 2.38. The Morgan fingerprint density at radius 3 is 2.82 bits per heavy atom. The first-order valence-corrected chi connectivity index (χ1v) is 9.34. The summed E-state index contributed by atoms with van der Waals surface area (Å²) in [4.78, 5) is 18.0. The van der Waals surface area contributed by atoms with E-state index >= 15 is 0 Å². The Kier molecular flexibility index (Phi) is 5.01. The molecule has 1 amide bonds. The molecule has 0 saturated carbocycles. The number of cyclic esters (lactones) is 1. The van der Waals surface area contributed by atoms with Crippen molar-refractivity contribution in [1.82, 2.24) is 0 Å². The van der Waals surface area contributed by atoms with E-state index in [2.05, 4.69) is 10.0 Å². The van der Waals surface area contributed by atoms with E-state index in [4.69, 9.17) is 19.7 Å². The van der Waals surface area contributed by atoms with Gasteiger partial charge in [0, 0.05) is 30.3 Å². The summed E-state index contributed by atoms with van der Waals surface area (Å²) in [5.74, 6) is -0.842. The largest absolute Gasteiger partial charge is 0.444 e. The van der Waals surface area contributed by atoms with Gasteiger partial charge in [0.25, 0.3) is 0 Å². The van der Waals surface area contributed by atoms with Gasteiger partial charge in [0.15, 0.2) is 5.79 Å². The minimum absolute atomic E-state index is 0.0524. The summed E-state index contributed by atoms with van der Waals surface area (Å²) in [6.45, 7) is 4.76. The van der Waals surface area contributed by atoms with Crippen molar-refractivity contribution in [2.45, 2.75) is 25.2 Å². The third kappa shape index (κ3) is 3.34. The Balaban J connectivity index is 1.46. The van der Waals surface area contributed by atoms with Gasteiger partial charge in [-0.05, 0) is 23.7 Å². The monoisotopic (exact) mass is 391 g/mol. The first kappa shape index (κ1) is 18.8. The maximum atomic E-state index is 14.9. The second kappa shape index (κ2) is 7.46. The minimum atomic E-state index is -0.575. The van der Waals surface area contributed by atoms with Gasteiger partial charge in [0.1, 0.15) is 11.9 Å². The van der Waals surface area contributed by atoms with Gasteiger partial charge >= 0.3 is 6.09 Å². The second-order valence-corrected chi connectivity index (χ2v) is 7.27. The van der Waals surface area contributed by atoms with E-state index in [-0.39, 0.29) is 19.0 Å². The van der Waals surface area contributed by atoms with Gasteiger partial charge in [-0.15, -0.1) is 0 Å². The van der Waals surface area contributed by atoms with E-state index in [1.54, 1.807) is 12.1 Å². The lowest BCUT2D eigenvalue weighted by atomic mass is 9.92. The van der Waals surface area contributed by atoms with Crippen LogP contribution in [0.5, 0.6) is 0 Å². The maximum absolute atomic E-state index is 14.9. The summed E-state index contributed by atoms with van der Waals surface area (Å²) in [5, 5.41) is 3.42. The van der Waals surface area contributed by atoms with Crippen molar-refractivity contribution in [2.75, 3.05) is 49.2 Å². The lowest BCUT2D eigenvalue weighted by Gasteiger charge is -2.43. The molecule has 1 aromatic rings. The molecule has 3 fully saturated rings. The molecule has 0 bridgehead atoms. The molecule has 3 aliphatic heterocycles. The molecule has 3 saturated heterocycles. The number of benzene rings is 1. The Labute approximate surface area is 161 Å². The zero-order chi connectivity index (χ0) is 19.7. The molecule has 9 nitrogen and oxygen atoms in total. The highest BCUT2D eigenvalue weighted by atomic mass is 19.1. The molecule has 0 aromatic heterocycles. The van der Waals surface area contributed by atoms with Crippen LogP contribution in [0.15, 0.2) is 23.3 Å². The average Bonchev–Trinajstić information content (AvgIpc) is 3.30. The Morgan fingerprint density at radius 1 is 1.36 bits per heavy atom. The van der Waals surface area contributed by atoms with Crippen molar-refractivity contribution in [3.63, 3.8) is 0 Å². The number of carbonyl (C=O) groups is 1. The Hall–Kier alpha value is -2.55. The van der Waals surface area contributed by atoms with Crippen LogP contribution < -0.4 is 9.80 Å². The van der Waals surface area contributed by atoms with Gasteiger partial charge in [0.2, 0.25) is 0 Å². The summed E-state index contributed by atoms with van der Waals surface area (Å²) < 4.78 is 31.6. The molecule has 0 N–H and O–H groups in total. The zero-order valence-corrected chi connectivity index (χ0v) is 15.6. The van der Waals surface area contributed by atoms with Crippen LogP contribution in [0.4, 0.5) is 20.6 Å².